The van der Waals surface area contributed by atoms with Gasteiger partial charge in [0.25, 0.3) is 0 Å². The van der Waals surface area contributed by atoms with Crippen molar-refractivity contribution in [2.45, 2.75) is 37.8 Å². The molecule has 0 saturated heterocycles. The highest BCUT2D eigenvalue weighted by atomic mass is 32.1. The lowest BCUT2D eigenvalue weighted by atomic mass is 10.1. The molecule has 0 aliphatic heterocycles. The van der Waals surface area contributed by atoms with Gasteiger partial charge in [0.2, 0.25) is 0 Å². The first-order valence-electron chi connectivity index (χ1n) is 11.6. The number of rotatable bonds is 10. The van der Waals surface area contributed by atoms with Crippen LogP contribution < -0.4 is 15.5 Å². The molecule has 1 heterocycles. The number of benzene rings is 3. The van der Waals surface area contributed by atoms with E-state index in [-0.39, 0.29) is 10.6 Å². The number of aromatic amines is 1. The number of H-pyrrole nitrogens is 1. The van der Waals surface area contributed by atoms with Gasteiger partial charge in [-0.25, -0.2) is 0 Å². The molecule has 0 amide bonds. The number of hydrogen-bond acceptors (Lipinski definition) is 5. The number of aromatic hydroxyl groups is 1. The van der Waals surface area contributed by atoms with Crippen molar-refractivity contribution in [3.05, 3.63) is 98.7 Å². The molecular weight excluding hydrogens is 430 g/mol. The summed E-state index contributed by atoms with van der Waals surface area (Å²) in [7, 11) is 0. The van der Waals surface area contributed by atoms with Gasteiger partial charge in [-0.15, -0.1) is 0 Å². The zero-order chi connectivity index (χ0) is 22.6. The molecule has 1 saturated carbocycles. The molecule has 0 bridgehead atoms. The van der Waals surface area contributed by atoms with Crippen molar-refractivity contribution in [1.29, 1.82) is 0 Å². The van der Waals surface area contributed by atoms with E-state index in [4.69, 9.17) is 0 Å². The minimum Gasteiger partial charge on any atom is -0.506 e. The Morgan fingerprint density at radius 1 is 0.970 bits per heavy atom. The molecule has 2 atom stereocenters. The standard InChI is InChI=1S/C27H29N3O2S/c31-24-10-9-21(26-25(24)30-27(32)33-26)12-14-28-13-11-18-5-4-6-19(15-18)17-29-23-16-22(23)20-7-2-1-3-8-20/h1-10,15,22-23,28-29,31H,11-14,16-17H2,(H,30,32)/t22-,23+/m1/s1. The van der Waals surface area contributed by atoms with Gasteiger partial charge in [0, 0.05) is 18.5 Å². The second-order valence-electron chi connectivity index (χ2n) is 8.77. The minimum atomic E-state index is -0.132. The molecule has 1 aliphatic carbocycles. The molecule has 1 aromatic heterocycles. The smallest absolute Gasteiger partial charge is 0.305 e. The Bertz CT molecular complexity index is 1280. The maximum Gasteiger partial charge on any atom is 0.305 e. The predicted molar refractivity (Wildman–Crippen MR) is 135 cm³/mol. The van der Waals surface area contributed by atoms with E-state index in [1.165, 1.54) is 23.1 Å². The fourth-order valence-corrected chi connectivity index (χ4v) is 5.38. The average Bonchev–Trinajstić information content (AvgIpc) is 3.51. The van der Waals surface area contributed by atoms with Gasteiger partial charge in [-0.05, 0) is 60.7 Å². The van der Waals surface area contributed by atoms with Gasteiger partial charge in [-0.1, -0.05) is 72.0 Å². The van der Waals surface area contributed by atoms with Crippen molar-refractivity contribution in [2.24, 2.45) is 0 Å². The topological polar surface area (TPSA) is 77.2 Å². The highest BCUT2D eigenvalue weighted by molar-refractivity contribution is 7.16. The average molecular weight is 460 g/mol. The van der Waals surface area contributed by atoms with Crippen molar-refractivity contribution in [3.8, 4) is 5.75 Å². The predicted octanol–water partition coefficient (Wildman–Crippen LogP) is 4.32. The third kappa shape index (κ3) is 5.36. The monoisotopic (exact) mass is 459 g/mol. The lowest BCUT2D eigenvalue weighted by molar-refractivity contribution is 0.480. The van der Waals surface area contributed by atoms with E-state index < -0.39 is 0 Å². The molecule has 0 spiro atoms. The molecule has 0 radical (unpaired) electrons. The summed E-state index contributed by atoms with van der Waals surface area (Å²) in [5.74, 6) is 0.785. The Morgan fingerprint density at radius 3 is 2.67 bits per heavy atom. The van der Waals surface area contributed by atoms with Crippen LogP contribution in [-0.2, 0) is 19.4 Å². The first kappa shape index (κ1) is 21.9. The number of phenolic OH excluding ortho intramolecular Hbond substituents is 1. The number of fused-ring (bicyclic) bond motifs is 1. The lowest BCUT2D eigenvalue weighted by Crippen LogP contribution is -2.20. The molecule has 5 rings (SSSR count). The third-order valence-electron chi connectivity index (χ3n) is 6.38. The van der Waals surface area contributed by atoms with Crippen molar-refractivity contribution < 1.29 is 5.11 Å². The van der Waals surface area contributed by atoms with E-state index in [0.717, 1.165) is 54.1 Å². The van der Waals surface area contributed by atoms with E-state index in [1.54, 1.807) is 6.07 Å². The number of nitrogens with one attached hydrogen (secondary N) is 3. The Kier molecular flexibility index (Phi) is 6.58. The summed E-state index contributed by atoms with van der Waals surface area (Å²) in [6.07, 6.45) is 3.02. The first-order valence-corrected chi connectivity index (χ1v) is 12.4. The highest BCUT2D eigenvalue weighted by Crippen LogP contribution is 2.40. The van der Waals surface area contributed by atoms with Crippen LogP contribution in [0.5, 0.6) is 5.75 Å². The van der Waals surface area contributed by atoms with Crippen molar-refractivity contribution in [2.75, 3.05) is 13.1 Å². The number of hydrogen-bond donors (Lipinski definition) is 4. The van der Waals surface area contributed by atoms with E-state index in [0.29, 0.717) is 17.5 Å². The van der Waals surface area contributed by atoms with Crippen LogP contribution in [0.1, 0.15) is 34.6 Å². The maximum atomic E-state index is 11.7. The van der Waals surface area contributed by atoms with E-state index in [9.17, 15) is 9.90 Å². The van der Waals surface area contributed by atoms with Crippen LogP contribution in [0.15, 0.2) is 71.5 Å². The first-order chi connectivity index (χ1) is 16.2. The van der Waals surface area contributed by atoms with E-state index in [1.807, 2.05) is 6.07 Å². The van der Waals surface area contributed by atoms with Crippen LogP contribution in [0.4, 0.5) is 0 Å². The van der Waals surface area contributed by atoms with Crippen LogP contribution in [0, 0.1) is 0 Å². The Hall–Kier alpha value is -2.93. The second kappa shape index (κ2) is 9.91. The maximum absolute atomic E-state index is 11.7. The SMILES string of the molecule is O=c1[nH]c2c(O)ccc(CCNCCc3cccc(CN[C@H]4C[C@@H]4c4ccccc4)c3)c2s1. The molecule has 170 valence electrons. The summed E-state index contributed by atoms with van der Waals surface area (Å²) in [4.78, 5) is 14.2. The molecule has 4 N–H and O–H groups in total. The minimum absolute atomic E-state index is 0.131. The highest BCUT2D eigenvalue weighted by Gasteiger charge is 2.37. The Balaban J connectivity index is 1.06. The van der Waals surface area contributed by atoms with Crippen LogP contribution in [0.25, 0.3) is 10.2 Å². The van der Waals surface area contributed by atoms with Crippen LogP contribution in [0.2, 0.25) is 0 Å². The van der Waals surface area contributed by atoms with Crippen LogP contribution in [-0.4, -0.2) is 29.2 Å². The van der Waals surface area contributed by atoms with Crippen molar-refractivity contribution in [1.82, 2.24) is 15.6 Å². The molecule has 5 nitrogen and oxygen atoms in total. The van der Waals surface area contributed by atoms with E-state index in [2.05, 4.69) is 70.2 Å². The van der Waals surface area contributed by atoms with Crippen molar-refractivity contribution >= 4 is 21.6 Å². The number of aromatic nitrogens is 1. The zero-order valence-electron chi connectivity index (χ0n) is 18.5. The summed E-state index contributed by atoms with van der Waals surface area (Å²) in [5, 5.41) is 17.1. The van der Waals surface area contributed by atoms with Crippen molar-refractivity contribution in [3.63, 3.8) is 0 Å². The van der Waals surface area contributed by atoms with Gasteiger partial charge >= 0.3 is 4.87 Å². The third-order valence-corrected chi connectivity index (χ3v) is 7.34. The van der Waals surface area contributed by atoms with Gasteiger partial charge in [0.1, 0.15) is 11.3 Å². The molecule has 33 heavy (non-hydrogen) atoms. The molecule has 4 aromatic rings. The fourth-order valence-electron chi connectivity index (χ4n) is 4.48. The number of phenols is 1. The zero-order valence-corrected chi connectivity index (χ0v) is 19.3. The normalized spacial score (nSPS) is 17.5. The summed E-state index contributed by atoms with van der Waals surface area (Å²) in [6.45, 7) is 2.64. The summed E-state index contributed by atoms with van der Waals surface area (Å²) in [5.41, 5.74) is 5.75. The van der Waals surface area contributed by atoms with Gasteiger partial charge in [-0.3, -0.25) is 4.79 Å². The Morgan fingerprint density at radius 2 is 1.79 bits per heavy atom. The molecule has 1 fully saturated rings. The van der Waals surface area contributed by atoms with Gasteiger partial charge in [0.05, 0.1) is 4.70 Å². The van der Waals surface area contributed by atoms with Crippen LogP contribution >= 0.6 is 11.3 Å². The molecular formula is C27H29N3O2S. The Labute approximate surface area is 197 Å². The summed E-state index contributed by atoms with van der Waals surface area (Å²) < 4.78 is 0.854. The van der Waals surface area contributed by atoms with Gasteiger partial charge < -0.3 is 20.7 Å². The second-order valence-corrected chi connectivity index (χ2v) is 9.76. The molecule has 1 aliphatic rings. The summed E-state index contributed by atoms with van der Waals surface area (Å²) >= 11 is 1.16. The lowest BCUT2D eigenvalue weighted by Gasteiger charge is -2.09. The quantitative estimate of drug-likeness (QED) is 0.267. The van der Waals surface area contributed by atoms with Gasteiger partial charge in [0.15, 0.2) is 0 Å². The molecule has 6 heteroatoms. The molecule has 0 unspecified atom stereocenters. The van der Waals surface area contributed by atoms with E-state index >= 15 is 0 Å². The van der Waals surface area contributed by atoms with Gasteiger partial charge in [-0.2, -0.15) is 0 Å². The van der Waals surface area contributed by atoms with Crippen LogP contribution in [0.3, 0.4) is 0 Å². The summed E-state index contributed by atoms with van der Waals surface area (Å²) in [6, 6.07) is 23.8. The number of thiazole rings is 1. The fraction of sp³-hybridized carbons (Fsp3) is 0.296. The molecule has 3 aromatic carbocycles. The largest absolute Gasteiger partial charge is 0.506 e.